The summed E-state index contributed by atoms with van der Waals surface area (Å²) >= 11 is 0. The minimum atomic E-state index is -0.289. The van der Waals surface area contributed by atoms with E-state index in [0.717, 1.165) is 23.2 Å². The lowest BCUT2D eigenvalue weighted by Crippen LogP contribution is -2.24. The van der Waals surface area contributed by atoms with Crippen LogP contribution in [0.4, 0.5) is 0 Å². The molecule has 0 aliphatic carbocycles. The first-order valence-electron chi connectivity index (χ1n) is 7.32. The van der Waals surface area contributed by atoms with Crippen LogP contribution in [-0.2, 0) is 6.54 Å². The van der Waals surface area contributed by atoms with Gasteiger partial charge in [0, 0.05) is 18.9 Å². The van der Waals surface area contributed by atoms with Crippen molar-refractivity contribution in [3.05, 3.63) is 62.6 Å². The van der Waals surface area contributed by atoms with E-state index in [4.69, 9.17) is 0 Å². The van der Waals surface area contributed by atoms with Crippen LogP contribution in [0.1, 0.15) is 24.5 Å². The maximum Gasteiger partial charge on any atom is 0.350 e. The smallest absolute Gasteiger partial charge is 0.279 e. The first kappa shape index (κ1) is 14.3. The number of fused-ring (bicyclic) bond motifs is 1. The van der Waals surface area contributed by atoms with Crippen molar-refractivity contribution in [2.24, 2.45) is 0 Å². The van der Waals surface area contributed by atoms with E-state index >= 15 is 0 Å². The summed E-state index contributed by atoms with van der Waals surface area (Å²) in [5.41, 5.74) is 2.54. The van der Waals surface area contributed by atoms with Crippen LogP contribution < -0.4 is 11.2 Å². The zero-order chi connectivity index (χ0) is 15.9. The quantitative estimate of drug-likeness (QED) is 0.739. The molecule has 0 amide bonds. The summed E-state index contributed by atoms with van der Waals surface area (Å²) in [5.74, 6) is 0. The lowest BCUT2D eigenvalue weighted by Gasteiger charge is -2.10. The molecule has 0 radical (unpaired) electrons. The van der Waals surface area contributed by atoms with Gasteiger partial charge < -0.3 is 0 Å². The number of nitrogens with zero attached hydrogens (tertiary/aromatic N) is 4. The standard InChI is InChI=1S/C16H18N4O2/c1-4-8-20-16(22)19-10-9-18(15(21)14(19)17-20)13-7-5-6-11(2)12(13)3/h5-7,9-10H,4,8H2,1-3H3. The highest BCUT2D eigenvalue weighted by atomic mass is 16.2. The molecule has 22 heavy (non-hydrogen) atoms. The van der Waals surface area contributed by atoms with Crippen molar-refractivity contribution in [1.82, 2.24) is 18.7 Å². The van der Waals surface area contributed by atoms with Gasteiger partial charge in [-0.15, -0.1) is 5.10 Å². The van der Waals surface area contributed by atoms with Crippen molar-refractivity contribution < 1.29 is 0 Å². The molecule has 1 aromatic carbocycles. The fourth-order valence-electron chi connectivity index (χ4n) is 2.55. The van der Waals surface area contributed by atoms with Gasteiger partial charge in [-0.25, -0.2) is 13.9 Å². The second-order valence-corrected chi connectivity index (χ2v) is 5.39. The van der Waals surface area contributed by atoms with Crippen LogP contribution >= 0.6 is 0 Å². The summed E-state index contributed by atoms with van der Waals surface area (Å²) in [4.78, 5) is 24.8. The predicted molar refractivity (Wildman–Crippen MR) is 84.8 cm³/mol. The minimum Gasteiger partial charge on any atom is -0.279 e. The highest BCUT2D eigenvalue weighted by molar-refractivity contribution is 5.47. The van der Waals surface area contributed by atoms with Gasteiger partial charge in [-0.05, 0) is 37.5 Å². The van der Waals surface area contributed by atoms with Crippen LogP contribution in [0.3, 0.4) is 0 Å². The first-order valence-corrected chi connectivity index (χ1v) is 7.32. The number of rotatable bonds is 3. The van der Waals surface area contributed by atoms with Crippen molar-refractivity contribution in [2.75, 3.05) is 0 Å². The molecule has 0 saturated heterocycles. The van der Waals surface area contributed by atoms with E-state index in [9.17, 15) is 9.59 Å². The molecule has 2 heterocycles. The van der Waals surface area contributed by atoms with Crippen molar-refractivity contribution in [3.8, 4) is 5.69 Å². The van der Waals surface area contributed by atoms with E-state index in [2.05, 4.69) is 5.10 Å². The number of aromatic nitrogens is 4. The van der Waals surface area contributed by atoms with E-state index in [1.54, 1.807) is 17.0 Å². The minimum absolute atomic E-state index is 0.154. The van der Waals surface area contributed by atoms with E-state index in [1.165, 1.54) is 9.08 Å². The highest BCUT2D eigenvalue weighted by Crippen LogP contribution is 2.15. The van der Waals surface area contributed by atoms with Gasteiger partial charge in [-0.2, -0.15) is 0 Å². The van der Waals surface area contributed by atoms with Crippen LogP contribution in [0.25, 0.3) is 11.3 Å². The van der Waals surface area contributed by atoms with E-state index in [1.807, 2.05) is 39.0 Å². The molecule has 114 valence electrons. The second-order valence-electron chi connectivity index (χ2n) is 5.39. The summed E-state index contributed by atoms with van der Waals surface area (Å²) in [7, 11) is 0. The number of hydrogen-bond donors (Lipinski definition) is 0. The van der Waals surface area contributed by atoms with Crippen LogP contribution in [0.5, 0.6) is 0 Å². The normalized spacial score (nSPS) is 11.2. The molecule has 2 aromatic heterocycles. The van der Waals surface area contributed by atoms with E-state index in [-0.39, 0.29) is 16.9 Å². The van der Waals surface area contributed by atoms with Gasteiger partial charge >= 0.3 is 11.2 Å². The average molecular weight is 298 g/mol. The third kappa shape index (κ3) is 2.07. The molecule has 6 nitrogen and oxygen atoms in total. The molecule has 0 atom stereocenters. The second kappa shape index (κ2) is 5.29. The SMILES string of the molecule is CCCn1nc2c(=O)n(-c3cccc(C)c3C)ccn2c1=O. The molecule has 0 saturated carbocycles. The van der Waals surface area contributed by atoms with Crippen molar-refractivity contribution in [1.29, 1.82) is 0 Å². The molecule has 0 aliphatic rings. The molecular weight excluding hydrogens is 280 g/mol. The molecule has 0 aliphatic heterocycles. The monoisotopic (exact) mass is 298 g/mol. The molecule has 0 bridgehead atoms. The number of aryl methyl sites for hydroxylation is 2. The molecular formula is C16H18N4O2. The van der Waals surface area contributed by atoms with Gasteiger partial charge in [-0.1, -0.05) is 19.1 Å². The molecule has 0 unspecified atom stereocenters. The number of hydrogen-bond acceptors (Lipinski definition) is 3. The van der Waals surface area contributed by atoms with Crippen LogP contribution in [0.15, 0.2) is 40.2 Å². The van der Waals surface area contributed by atoms with Gasteiger partial charge in [0.15, 0.2) is 0 Å². The lowest BCUT2D eigenvalue weighted by atomic mass is 10.1. The Morgan fingerprint density at radius 1 is 1.14 bits per heavy atom. The zero-order valence-corrected chi connectivity index (χ0v) is 12.9. The third-order valence-corrected chi connectivity index (χ3v) is 3.92. The Hall–Kier alpha value is -2.63. The van der Waals surface area contributed by atoms with Crippen molar-refractivity contribution in [2.45, 2.75) is 33.7 Å². The molecule has 0 fully saturated rings. The maximum atomic E-state index is 12.7. The fourth-order valence-corrected chi connectivity index (χ4v) is 2.55. The summed E-state index contributed by atoms with van der Waals surface area (Å²) in [5, 5.41) is 4.17. The zero-order valence-electron chi connectivity index (χ0n) is 12.9. The van der Waals surface area contributed by atoms with Crippen molar-refractivity contribution in [3.63, 3.8) is 0 Å². The van der Waals surface area contributed by atoms with Crippen LogP contribution in [0, 0.1) is 13.8 Å². The third-order valence-electron chi connectivity index (χ3n) is 3.92. The molecule has 6 heteroatoms. The van der Waals surface area contributed by atoms with Crippen molar-refractivity contribution >= 4 is 5.65 Å². The first-order chi connectivity index (χ1) is 10.5. The van der Waals surface area contributed by atoms with Gasteiger partial charge in [0.25, 0.3) is 0 Å². The molecule has 0 spiro atoms. The summed E-state index contributed by atoms with van der Waals surface area (Å²) in [6.45, 7) is 6.44. The summed E-state index contributed by atoms with van der Waals surface area (Å²) in [6, 6.07) is 5.81. The largest absolute Gasteiger partial charge is 0.350 e. The van der Waals surface area contributed by atoms with Gasteiger partial charge in [-0.3, -0.25) is 9.36 Å². The Labute approximate surface area is 127 Å². The Bertz CT molecular complexity index is 962. The number of benzene rings is 1. The predicted octanol–water partition coefficient (Wildman–Crippen LogP) is 1.67. The lowest BCUT2D eigenvalue weighted by molar-refractivity contribution is 0.582. The Balaban J connectivity index is 2.29. The molecule has 3 aromatic rings. The fraction of sp³-hybridized carbons (Fsp3) is 0.312. The molecule has 3 rings (SSSR count). The average Bonchev–Trinajstić information content (AvgIpc) is 2.81. The van der Waals surface area contributed by atoms with Crippen LogP contribution in [-0.4, -0.2) is 18.7 Å². The highest BCUT2D eigenvalue weighted by Gasteiger charge is 2.13. The van der Waals surface area contributed by atoms with Gasteiger partial charge in [0.2, 0.25) is 5.65 Å². The van der Waals surface area contributed by atoms with Gasteiger partial charge in [0.05, 0.1) is 5.69 Å². The van der Waals surface area contributed by atoms with Gasteiger partial charge in [0.1, 0.15) is 0 Å². The summed E-state index contributed by atoms with van der Waals surface area (Å²) in [6.07, 6.45) is 4.01. The van der Waals surface area contributed by atoms with E-state index < -0.39 is 0 Å². The summed E-state index contributed by atoms with van der Waals surface area (Å²) < 4.78 is 4.18. The Kier molecular flexibility index (Phi) is 3.44. The maximum absolute atomic E-state index is 12.7. The topological polar surface area (TPSA) is 61.3 Å². The molecule has 0 N–H and O–H groups in total. The van der Waals surface area contributed by atoms with Crippen LogP contribution in [0.2, 0.25) is 0 Å². The Morgan fingerprint density at radius 2 is 1.91 bits per heavy atom. The Morgan fingerprint density at radius 3 is 2.64 bits per heavy atom. The van der Waals surface area contributed by atoms with E-state index in [0.29, 0.717) is 6.54 Å².